The van der Waals surface area contributed by atoms with Gasteiger partial charge in [0.05, 0.1) is 18.9 Å². The van der Waals surface area contributed by atoms with Crippen LogP contribution in [0.2, 0.25) is 0 Å². The Bertz CT molecular complexity index is 322. The van der Waals surface area contributed by atoms with Gasteiger partial charge in [0.1, 0.15) is 12.4 Å². The zero-order chi connectivity index (χ0) is 9.64. The largest absolute Gasteiger partial charge is 0.373 e. The van der Waals surface area contributed by atoms with E-state index in [4.69, 9.17) is 4.74 Å². The molecule has 1 aliphatic heterocycles. The van der Waals surface area contributed by atoms with Crippen LogP contribution in [0.25, 0.3) is 0 Å². The molecule has 1 aromatic heterocycles. The highest BCUT2D eigenvalue weighted by Crippen LogP contribution is 1.99. The van der Waals surface area contributed by atoms with E-state index in [1.54, 1.807) is 18.7 Å². The van der Waals surface area contributed by atoms with Gasteiger partial charge in [-0.05, 0) is 12.1 Å². The van der Waals surface area contributed by atoms with E-state index >= 15 is 0 Å². The van der Waals surface area contributed by atoms with Crippen LogP contribution in [0, 0.1) is 0 Å². The summed E-state index contributed by atoms with van der Waals surface area (Å²) in [7, 11) is 0. The van der Waals surface area contributed by atoms with Crippen LogP contribution in [-0.4, -0.2) is 30.2 Å². The van der Waals surface area contributed by atoms with Crippen LogP contribution in [0.5, 0.6) is 0 Å². The minimum atomic E-state index is 0.0821. The van der Waals surface area contributed by atoms with Crippen molar-refractivity contribution in [2.24, 2.45) is 9.98 Å². The lowest BCUT2D eigenvalue weighted by Crippen LogP contribution is -2.12. The third kappa shape index (κ3) is 2.47. The smallest absolute Gasteiger partial charge is 0.110 e. The molecular formula is C10H11N3O. The van der Waals surface area contributed by atoms with Gasteiger partial charge in [-0.2, -0.15) is 0 Å². The minimum Gasteiger partial charge on any atom is -0.373 e. The predicted octanol–water partition coefficient (Wildman–Crippen LogP) is 1.08. The van der Waals surface area contributed by atoms with Crippen LogP contribution in [0.3, 0.4) is 0 Å². The Kier molecular flexibility index (Phi) is 2.98. The maximum absolute atomic E-state index is 5.44. The number of hydrogen-bond donors (Lipinski definition) is 0. The van der Waals surface area contributed by atoms with Gasteiger partial charge < -0.3 is 4.74 Å². The third-order valence-electron chi connectivity index (χ3n) is 1.85. The van der Waals surface area contributed by atoms with Crippen molar-refractivity contribution < 1.29 is 4.74 Å². The first-order chi connectivity index (χ1) is 6.95. The van der Waals surface area contributed by atoms with Crippen molar-refractivity contribution in [1.29, 1.82) is 0 Å². The van der Waals surface area contributed by atoms with Crippen LogP contribution in [0.4, 0.5) is 0 Å². The van der Waals surface area contributed by atoms with Crippen LogP contribution in [0.1, 0.15) is 5.69 Å². The monoisotopic (exact) mass is 189 g/mol. The van der Waals surface area contributed by atoms with E-state index in [2.05, 4.69) is 15.0 Å². The lowest BCUT2D eigenvalue weighted by Gasteiger charge is -2.04. The molecule has 1 aliphatic rings. The van der Waals surface area contributed by atoms with E-state index in [-0.39, 0.29) is 6.04 Å². The molecular weight excluding hydrogens is 178 g/mol. The normalized spacial score (nSPS) is 19.0. The molecule has 0 amide bonds. The Morgan fingerprint density at radius 3 is 3.07 bits per heavy atom. The Labute approximate surface area is 82.4 Å². The van der Waals surface area contributed by atoms with Gasteiger partial charge >= 0.3 is 0 Å². The maximum Gasteiger partial charge on any atom is 0.110 e. The third-order valence-corrected chi connectivity index (χ3v) is 1.85. The SMILES string of the molecule is C1=NC=NC1COCc1ccccn1. The standard InChI is InChI=1S/C10H11N3O/c1-2-4-12-9(3-1)6-14-7-10-5-11-8-13-10/h1-5,8,10H,6-7H2. The molecule has 2 rings (SSSR count). The Morgan fingerprint density at radius 2 is 2.36 bits per heavy atom. The van der Waals surface area contributed by atoms with Gasteiger partial charge in [0, 0.05) is 12.4 Å². The van der Waals surface area contributed by atoms with Crippen LogP contribution in [0.15, 0.2) is 34.4 Å². The number of rotatable bonds is 4. The van der Waals surface area contributed by atoms with Crippen molar-refractivity contribution in [1.82, 2.24) is 4.98 Å². The second-order valence-electron chi connectivity index (χ2n) is 2.97. The molecule has 0 N–H and O–H groups in total. The molecule has 1 atom stereocenters. The van der Waals surface area contributed by atoms with Gasteiger partial charge in [0.15, 0.2) is 0 Å². The van der Waals surface area contributed by atoms with Crippen LogP contribution >= 0.6 is 0 Å². The summed E-state index contributed by atoms with van der Waals surface area (Å²) in [5, 5.41) is 0. The second-order valence-corrected chi connectivity index (χ2v) is 2.97. The maximum atomic E-state index is 5.44. The Morgan fingerprint density at radius 1 is 1.36 bits per heavy atom. The molecule has 2 heterocycles. The molecule has 1 aromatic rings. The van der Waals surface area contributed by atoms with Crippen molar-refractivity contribution in [3.05, 3.63) is 30.1 Å². The molecule has 0 fully saturated rings. The van der Waals surface area contributed by atoms with Crippen molar-refractivity contribution in [2.75, 3.05) is 6.61 Å². The highest BCUT2D eigenvalue weighted by atomic mass is 16.5. The van der Waals surface area contributed by atoms with Gasteiger partial charge in [-0.1, -0.05) is 6.07 Å². The van der Waals surface area contributed by atoms with E-state index in [0.717, 1.165) is 5.69 Å². The average Bonchev–Trinajstić information content (AvgIpc) is 2.72. The van der Waals surface area contributed by atoms with Gasteiger partial charge in [-0.3, -0.25) is 9.98 Å². The highest BCUT2D eigenvalue weighted by Gasteiger charge is 2.05. The summed E-state index contributed by atoms with van der Waals surface area (Å²) in [5.74, 6) is 0. The van der Waals surface area contributed by atoms with Crippen LogP contribution in [-0.2, 0) is 11.3 Å². The van der Waals surface area contributed by atoms with Crippen molar-refractivity contribution in [3.8, 4) is 0 Å². The first kappa shape index (κ1) is 9.02. The molecule has 0 bridgehead atoms. The van der Waals surface area contributed by atoms with Gasteiger partial charge in [-0.15, -0.1) is 0 Å². The number of pyridine rings is 1. The highest BCUT2D eigenvalue weighted by molar-refractivity contribution is 5.82. The molecule has 0 saturated carbocycles. The topological polar surface area (TPSA) is 46.8 Å². The molecule has 4 heteroatoms. The summed E-state index contributed by atoms with van der Waals surface area (Å²) in [6, 6.07) is 5.85. The molecule has 0 spiro atoms. The fraction of sp³-hybridized carbons (Fsp3) is 0.300. The van der Waals surface area contributed by atoms with E-state index in [1.807, 2.05) is 18.2 Å². The molecule has 0 saturated heterocycles. The number of aromatic nitrogens is 1. The Balaban J connectivity index is 1.73. The minimum absolute atomic E-state index is 0.0821. The number of hydrogen-bond acceptors (Lipinski definition) is 4. The zero-order valence-corrected chi connectivity index (χ0v) is 7.71. The first-order valence-corrected chi connectivity index (χ1v) is 4.48. The van der Waals surface area contributed by atoms with E-state index in [0.29, 0.717) is 13.2 Å². The lowest BCUT2D eigenvalue weighted by molar-refractivity contribution is 0.118. The Hall–Kier alpha value is -1.55. The van der Waals surface area contributed by atoms with Gasteiger partial charge in [-0.25, -0.2) is 4.99 Å². The fourth-order valence-electron chi connectivity index (χ4n) is 1.15. The summed E-state index contributed by atoms with van der Waals surface area (Å²) in [4.78, 5) is 12.1. The van der Waals surface area contributed by atoms with Crippen molar-refractivity contribution in [2.45, 2.75) is 12.6 Å². The summed E-state index contributed by atoms with van der Waals surface area (Å²) in [5.41, 5.74) is 0.936. The number of nitrogens with zero attached hydrogens (tertiary/aromatic N) is 3. The lowest BCUT2D eigenvalue weighted by atomic mass is 10.3. The van der Waals surface area contributed by atoms with E-state index in [1.165, 1.54) is 0 Å². The van der Waals surface area contributed by atoms with E-state index < -0.39 is 0 Å². The second kappa shape index (κ2) is 4.62. The zero-order valence-electron chi connectivity index (χ0n) is 7.71. The first-order valence-electron chi connectivity index (χ1n) is 4.48. The van der Waals surface area contributed by atoms with Crippen molar-refractivity contribution >= 4 is 12.6 Å². The fourth-order valence-corrected chi connectivity index (χ4v) is 1.15. The van der Waals surface area contributed by atoms with Gasteiger partial charge in [0.2, 0.25) is 0 Å². The predicted molar refractivity (Wildman–Crippen MR) is 54.7 cm³/mol. The molecule has 1 unspecified atom stereocenters. The summed E-state index contributed by atoms with van der Waals surface area (Å²) in [6.45, 7) is 1.09. The average molecular weight is 189 g/mol. The molecule has 14 heavy (non-hydrogen) atoms. The molecule has 0 aliphatic carbocycles. The molecule has 72 valence electrons. The molecule has 0 aromatic carbocycles. The molecule has 4 nitrogen and oxygen atoms in total. The molecule has 0 radical (unpaired) electrons. The van der Waals surface area contributed by atoms with Crippen LogP contribution < -0.4 is 0 Å². The quantitative estimate of drug-likeness (QED) is 0.711. The summed E-state index contributed by atoms with van der Waals surface area (Å²) in [6.07, 6.45) is 5.08. The number of ether oxygens (including phenoxy) is 1. The van der Waals surface area contributed by atoms with Gasteiger partial charge in [0.25, 0.3) is 0 Å². The summed E-state index contributed by atoms with van der Waals surface area (Å²) >= 11 is 0. The van der Waals surface area contributed by atoms with E-state index in [9.17, 15) is 0 Å². The summed E-state index contributed by atoms with van der Waals surface area (Å²) < 4.78 is 5.44. The van der Waals surface area contributed by atoms with Crippen molar-refractivity contribution in [3.63, 3.8) is 0 Å². The number of aliphatic imine (C=N–C) groups is 2.